The lowest BCUT2D eigenvalue weighted by molar-refractivity contribution is 0.463. The fraction of sp³-hybridized carbons (Fsp3) is 0.0606. The van der Waals surface area contributed by atoms with E-state index in [1.165, 1.54) is 38.0 Å². The predicted octanol–water partition coefficient (Wildman–Crippen LogP) is 3.64. The monoisotopic (exact) mass is 523 g/mol. The van der Waals surface area contributed by atoms with Crippen LogP contribution in [-0.2, 0) is 0 Å². The summed E-state index contributed by atoms with van der Waals surface area (Å²) in [5, 5.41) is 4.15. The van der Waals surface area contributed by atoms with E-state index in [-0.39, 0.29) is 6.71 Å². The molecule has 0 N–H and O–H groups in total. The molecule has 4 aromatic carbocycles. The number of pyridine rings is 1. The Labute approximate surface area is 231 Å². The van der Waals surface area contributed by atoms with Crippen LogP contribution in [0.5, 0.6) is 11.6 Å². The van der Waals surface area contributed by atoms with Crippen LogP contribution >= 0.6 is 7.92 Å². The molecule has 7 rings (SSSR count). The van der Waals surface area contributed by atoms with Gasteiger partial charge in [0.2, 0.25) is 12.6 Å². The molecule has 0 amide bonds. The second-order valence-electron chi connectivity index (χ2n) is 9.91. The zero-order valence-electron chi connectivity index (χ0n) is 21.7. The molecule has 0 saturated heterocycles. The fourth-order valence-electron chi connectivity index (χ4n) is 5.59. The van der Waals surface area contributed by atoms with Gasteiger partial charge in [-0.25, -0.2) is 4.98 Å². The molecule has 0 bridgehead atoms. The maximum atomic E-state index is 6.25. The second kappa shape index (κ2) is 10.1. The Kier molecular flexibility index (Phi) is 6.15. The van der Waals surface area contributed by atoms with Crippen molar-refractivity contribution in [1.29, 1.82) is 0 Å². The minimum atomic E-state index is -0.709. The van der Waals surface area contributed by atoms with Gasteiger partial charge in [0.15, 0.2) is 0 Å². The van der Waals surface area contributed by atoms with E-state index in [1.807, 2.05) is 18.2 Å². The molecule has 188 valence electrons. The first kappa shape index (κ1) is 23.8. The van der Waals surface area contributed by atoms with Crippen molar-refractivity contribution in [3.05, 3.63) is 134 Å². The van der Waals surface area contributed by atoms with Crippen molar-refractivity contribution in [2.24, 2.45) is 0 Å². The molecule has 4 nitrogen and oxygen atoms in total. The average Bonchev–Trinajstić information content (AvgIpc) is 3.43. The first-order valence-electron chi connectivity index (χ1n) is 13.2. The Morgan fingerprint density at radius 1 is 0.744 bits per heavy atom. The Bertz CT molecular complexity index is 1660. The molecule has 2 aliphatic heterocycles. The van der Waals surface area contributed by atoms with E-state index in [0.29, 0.717) is 5.88 Å². The highest BCUT2D eigenvalue weighted by atomic mass is 31.1. The summed E-state index contributed by atoms with van der Waals surface area (Å²) in [5.74, 6) is 1.41. The van der Waals surface area contributed by atoms with E-state index in [4.69, 9.17) is 4.74 Å². The first-order chi connectivity index (χ1) is 19.2. The van der Waals surface area contributed by atoms with E-state index >= 15 is 0 Å². The van der Waals surface area contributed by atoms with Gasteiger partial charge in [0.1, 0.15) is 5.75 Å². The number of aromatic nitrogens is 1. The second-order valence-corrected chi connectivity index (χ2v) is 12.1. The molecule has 0 saturated carbocycles. The number of hydrogen-bond acceptors (Lipinski definition) is 4. The normalized spacial score (nSPS) is 15.7. The van der Waals surface area contributed by atoms with Crippen LogP contribution < -0.4 is 41.9 Å². The lowest BCUT2D eigenvalue weighted by atomic mass is 9.36. The van der Waals surface area contributed by atoms with E-state index < -0.39 is 7.92 Å². The van der Waals surface area contributed by atoms with Crippen LogP contribution in [0.15, 0.2) is 134 Å². The molecular formula is C33H27BN3OP. The van der Waals surface area contributed by atoms with Crippen molar-refractivity contribution >= 4 is 52.6 Å². The van der Waals surface area contributed by atoms with Crippen molar-refractivity contribution in [1.82, 2.24) is 9.88 Å². The number of fused-ring (bicyclic) bond motifs is 2. The predicted molar refractivity (Wildman–Crippen MR) is 165 cm³/mol. The summed E-state index contributed by atoms with van der Waals surface area (Å²) < 4.78 is 6.25. The number of rotatable bonds is 5. The smallest absolute Gasteiger partial charge is 0.243 e. The molecule has 1 unspecified atom stereocenters. The Balaban J connectivity index is 1.40. The minimum Gasteiger partial charge on any atom is -0.439 e. The number of hydrogen-bond donors (Lipinski definition) is 0. The van der Waals surface area contributed by atoms with Crippen LogP contribution in [0.2, 0.25) is 0 Å². The van der Waals surface area contributed by atoms with Crippen LogP contribution in [0.25, 0.3) is 0 Å². The molecule has 39 heavy (non-hydrogen) atoms. The van der Waals surface area contributed by atoms with Gasteiger partial charge in [0, 0.05) is 37.4 Å². The van der Waals surface area contributed by atoms with Gasteiger partial charge in [-0.1, -0.05) is 95.3 Å². The summed E-state index contributed by atoms with van der Waals surface area (Å²) in [5.41, 5.74) is 5.13. The summed E-state index contributed by atoms with van der Waals surface area (Å²) in [4.78, 5) is 8.86. The Morgan fingerprint density at radius 3 is 2.38 bits per heavy atom. The van der Waals surface area contributed by atoms with Crippen molar-refractivity contribution in [3.63, 3.8) is 0 Å². The van der Waals surface area contributed by atoms with Gasteiger partial charge in [-0.05, 0) is 54.2 Å². The first-order valence-corrected chi connectivity index (χ1v) is 14.5. The van der Waals surface area contributed by atoms with Crippen LogP contribution in [0.3, 0.4) is 0 Å². The van der Waals surface area contributed by atoms with Crippen molar-refractivity contribution < 1.29 is 4.74 Å². The number of ether oxygens (including phenoxy) is 1. The van der Waals surface area contributed by atoms with E-state index in [9.17, 15) is 0 Å². The SMILES string of the molecule is CN1C=CN(c2cccc(B3c4ccccc4P(c4ccccc4)c4ccc(Oc5ccccn5)cc43)c2)C1. The van der Waals surface area contributed by atoms with Gasteiger partial charge in [0.25, 0.3) is 0 Å². The average molecular weight is 523 g/mol. The van der Waals surface area contributed by atoms with Crippen molar-refractivity contribution in [2.75, 3.05) is 18.6 Å². The van der Waals surface area contributed by atoms with E-state index in [0.717, 1.165) is 12.4 Å². The van der Waals surface area contributed by atoms with Crippen LogP contribution in [0.4, 0.5) is 5.69 Å². The summed E-state index contributed by atoms with van der Waals surface area (Å²) in [6.45, 7) is 0.943. The Morgan fingerprint density at radius 2 is 1.56 bits per heavy atom. The van der Waals surface area contributed by atoms with Gasteiger partial charge in [-0.2, -0.15) is 0 Å². The minimum absolute atomic E-state index is 0.0928. The van der Waals surface area contributed by atoms with E-state index in [2.05, 4.69) is 131 Å². The maximum Gasteiger partial charge on any atom is 0.243 e. The number of benzene rings is 4. The number of anilines is 1. The fourth-order valence-corrected chi connectivity index (χ4v) is 8.24. The summed E-state index contributed by atoms with van der Waals surface area (Å²) in [6, 6.07) is 41.2. The maximum absolute atomic E-state index is 6.25. The van der Waals surface area contributed by atoms with E-state index in [1.54, 1.807) is 6.20 Å². The van der Waals surface area contributed by atoms with Gasteiger partial charge < -0.3 is 14.5 Å². The third-order valence-corrected chi connectivity index (χ3v) is 9.92. The quantitative estimate of drug-likeness (QED) is 0.255. The zero-order valence-corrected chi connectivity index (χ0v) is 22.6. The molecule has 6 heteroatoms. The van der Waals surface area contributed by atoms with Gasteiger partial charge in [-0.15, -0.1) is 0 Å². The van der Waals surface area contributed by atoms with Gasteiger partial charge >= 0.3 is 0 Å². The number of nitrogens with zero attached hydrogens (tertiary/aromatic N) is 3. The molecular weight excluding hydrogens is 496 g/mol. The molecule has 0 spiro atoms. The highest BCUT2D eigenvalue weighted by Gasteiger charge is 2.36. The lowest BCUT2D eigenvalue weighted by Crippen LogP contribution is -2.64. The molecule has 1 aromatic heterocycles. The van der Waals surface area contributed by atoms with Crippen molar-refractivity contribution in [2.45, 2.75) is 0 Å². The largest absolute Gasteiger partial charge is 0.439 e. The van der Waals surface area contributed by atoms with Gasteiger partial charge in [-0.3, -0.25) is 0 Å². The zero-order chi connectivity index (χ0) is 26.2. The summed E-state index contributed by atoms with van der Waals surface area (Å²) in [7, 11) is 1.39. The van der Waals surface area contributed by atoms with Crippen molar-refractivity contribution in [3.8, 4) is 11.6 Å². The summed E-state index contributed by atoms with van der Waals surface area (Å²) >= 11 is 0. The highest BCUT2D eigenvalue weighted by molar-refractivity contribution is 7.81. The molecule has 5 aromatic rings. The molecule has 0 radical (unpaired) electrons. The topological polar surface area (TPSA) is 28.6 Å². The lowest BCUT2D eigenvalue weighted by Gasteiger charge is -2.34. The third-order valence-electron chi connectivity index (χ3n) is 7.33. The molecule has 0 fully saturated rings. The molecule has 0 aliphatic carbocycles. The molecule has 3 heterocycles. The van der Waals surface area contributed by atoms with Crippen LogP contribution in [0.1, 0.15) is 0 Å². The third kappa shape index (κ3) is 4.49. The molecule has 2 aliphatic rings. The standard InChI is InChI=1S/C33H27BN3OP/c1-36-20-21-37(24-36)26-11-9-10-25(22-26)34-29-14-5-6-15-31(29)39(28-12-3-2-4-13-28)32-18-17-27(23-30(32)34)38-33-16-7-8-19-35-33/h2-23H,24H2,1H3. The van der Waals surface area contributed by atoms with Crippen LogP contribution in [-0.4, -0.2) is 30.3 Å². The summed E-state index contributed by atoms with van der Waals surface area (Å²) in [6.07, 6.45) is 6.03. The Hall–Kier alpha value is -4.34. The molecule has 1 atom stereocenters. The van der Waals surface area contributed by atoms with Crippen LogP contribution in [0, 0.1) is 0 Å². The highest BCUT2D eigenvalue weighted by Crippen LogP contribution is 2.35. The van der Waals surface area contributed by atoms with Gasteiger partial charge in [0.05, 0.1) is 6.67 Å².